The number of aliphatic hydroxyl groups excluding tert-OH is 1. The molecule has 0 spiro atoms. The molecule has 19 heavy (non-hydrogen) atoms. The topological polar surface area (TPSA) is 83.6 Å². The average Bonchev–Trinajstić information content (AvgIpc) is 2.82. The molecule has 1 aliphatic rings. The van der Waals surface area contributed by atoms with Crippen LogP contribution in [-0.4, -0.2) is 37.0 Å². The Kier molecular flexibility index (Phi) is 3.85. The average molecular weight is 284 g/mol. The maximum Gasteiger partial charge on any atom is 0.243 e. The normalized spacial score (nSPS) is 20.9. The van der Waals surface area contributed by atoms with Gasteiger partial charge in [0.25, 0.3) is 0 Å². The van der Waals surface area contributed by atoms with Crippen LogP contribution in [0, 0.1) is 13.8 Å². The van der Waals surface area contributed by atoms with E-state index in [0.29, 0.717) is 24.2 Å². The van der Waals surface area contributed by atoms with E-state index in [4.69, 9.17) is 5.73 Å². The first-order chi connectivity index (χ1) is 8.87. The number of sulfonamides is 1. The van der Waals surface area contributed by atoms with Crippen LogP contribution >= 0.6 is 0 Å². The van der Waals surface area contributed by atoms with Gasteiger partial charge in [0.2, 0.25) is 10.0 Å². The van der Waals surface area contributed by atoms with Gasteiger partial charge in [0.05, 0.1) is 11.5 Å². The van der Waals surface area contributed by atoms with E-state index in [0.717, 1.165) is 12.0 Å². The summed E-state index contributed by atoms with van der Waals surface area (Å²) in [6.07, 6.45) is 1.49. The molecule has 1 aromatic rings. The summed E-state index contributed by atoms with van der Waals surface area (Å²) < 4.78 is 26.8. The molecule has 0 radical (unpaired) electrons. The van der Waals surface area contributed by atoms with E-state index in [9.17, 15) is 13.5 Å². The van der Waals surface area contributed by atoms with Crippen molar-refractivity contribution in [3.63, 3.8) is 0 Å². The van der Waals surface area contributed by atoms with Gasteiger partial charge in [-0.2, -0.15) is 4.31 Å². The largest absolute Gasteiger partial charge is 0.398 e. The summed E-state index contributed by atoms with van der Waals surface area (Å²) in [7, 11) is -3.58. The Balaban J connectivity index is 2.51. The smallest absolute Gasteiger partial charge is 0.243 e. The molecule has 0 saturated carbocycles. The van der Waals surface area contributed by atoms with E-state index >= 15 is 0 Å². The van der Waals surface area contributed by atoms with Gasteiger partial charge in [0.15, 0.2) is 0 Å². The number of nitrogen functional groups attached to an aromatic ring is 1. The zero-order chi connectivity index (χ0) is 14.2. The summed E-state index contributed by atoms with van der Waals surface area (Å²) in [5.41, 5.74) is 7.73. The monoisotopic (exact) mass is 284 g/mol. The zero-order valence-electron chi connectivity index (χ0n) is 11.3. The second-order valence-corrected chi connectivity index (χ2v) is 6.93. The minimum atomic E-state index is -3.58. The lowest BCUT2D eigenvalue weighted by Crippen LogP contribution is -2.38. The van der Waals surface area contributed by atoms with Gasteiger partial charge in [-0.05, 0) is 49.9 Å². The van der Waals surface area contributed by atoms with Crippen LogP contribution in [0.5, 0.6) is 0 Å². The third-order valence-electron chi connectivity index (χ3n) is 3.67. The van der Waals surface area contributed by atoms with E-state index in [1.807, 2.05) is 6.92 Å². The third kappa shape index (κ3) is 2.48. The van der Waals surface area contributed by atoms with Gasteiger partial charge in [0, 0.05) is 18.3 Å². The predicted octanol–water partition coefficient (Wildman–Crippen LogP) is 1.03. The van der Waals surface area contributed by atoms with Gasteiger partial charge >= 0.3 is 0 Å². The Morgan fingerprint density at radius 3 is 2.74 bits per heavy atom. The Bertz CT molecular complexity index is 584. The van der Waals surface area contributed by atoms with Crippen molar-refractivity contribution in [1.82, 2.24) is 4.31 Å². The minimum Gasteiger partial charge on any atom is -0.398 e. The molecule has 6 heteroatoms. The Morgan fingerprint density at radius 1 is 1.42 bits per heavy atom. The van der Waals surface area contributed by atoms with E-state index in [1.165, 1.54) is 4.31 Å². The highest BCUT2D eigenvalue weighted by molar-refractivity contribution is 7.89. The van der Waals surface area contributed by atoms with Gasteiger partial charge in [-0.3, -0.25) is 0 Å². The molecule has 1 fully saturated rings. The van der Waals surface area contributed by atoms with E-state index in [1.54, 1.807) is 19.1 Å². The van der Waals surface area contributed by atoms with Crippen LogP contribution < -0.4 is 5.73 Å². The summed E-state index contributed by atoms with van der Waals surface area (Å²) in [5, 5.41) is 9.29. The second kappa shape index (κ2) is 5.11. The van der Waals surface area contributed by atoms with Crippen LogP contribution in [0.2, 0.25) is 0 Å². The van der Waals surface area contributed by atoms with Crippen molar-refractivity contribution in [1.29, 1.82) is 0 Å². The maximum atomic E-state index is 12.7. The number of rotatable bonds is 3. The fraction of sp³-hybridized carbons (Fsp3) is 0.538. The predicted molar refractivity (Wildman–Crippen MR) is 74.3 cm³/mol. The number of aryl methyl sites for hydroxylation is 1. The molecule has 1 heterocycles. The second-order valence-electron chi connectivity index (χ2n) is 5.07. The standard InChI is InChI=1S/C13H20N2O3S/c1-9-6-12(14)10(2)13(7-9)19(17,18)15-5-3-4-11(15)8-16/h6-7,11,16H,3-5,8,14H2,1-2H3/t11-/m1/s1. The van der Waals surface area contributed by atoms with Crippen molar-refractivity contribution in [2.45, 2.75) is 37.6 Å². The first kappa shape index (κ1) is 14.3. The number of hydrogen-bond acceptors (Lipinski definition) is 4. The van der Waals surface area contributed by atoms with Crippen LogP contribution in [0.1, 0.15) is 24.0 Å². The quantitative estimate of drug-likeness (QED) is 0.812. The van der Waals surface area contributed by atoms with Crippen LogP contribution in [0.15, 0.2) is 17.0 Å². The van der Waals surface area contributed by atoms with Gasteiger partial charge in [-0.25, -0.2) is 8.42 Å². The van der Waals surface area contributed by atoms with Crippen LogP contribution in [0.4, 0.5) is 5.69 Å². The van der Waals surface area contributed by atoms with Crippen molar-refractivity contribution in [2.75, 3.05) is 18.9 Å². The zero-order valence-corrected chi connectivity index (χ0v) is 12.1. The highest BCUT2D eigenvalue weighted by Crippen LogP contribution is 2.30. The molecule has 1 saturated heterocycles. The van der Waals surface area contributed by atoms with Crippen LogP contribution in [0.25, 0.3) is 0 Å². The molecule has 1 aromatic carbocycles. The molecule has 1 atom stereocenters. The van der Waals surface area contributed by atoms with Crippen molar-refractivity contribution in [3.8, 4) is 0 Å². The van der Waals surface area contributed by atoms with Gasteiger partial charge in [-0.15, -0.1) is 0 Å². The summed E-state index contributed by atoms with van der Waals surface area (Å²) >= 11 is 0. The number of anilines is 1. The van der Waals surface area contributed by atoms with Crippen molar-refractivity contribution < 1.29 is 13.5 Å². The van der Waals surface area contributed by atoms with Gasteiger partial charge in [0.1, 0.15) is 0 Å². The molecular weight excluding hydrogens is 264 g/mol. The fourth-order valence-electron chi connectivity index (χ4n) is 2.55. The van der Waals surface area contributed by atoms with Gasteiger partial charge < -0.3 is 10.8 Å². The Labute approximate surface area is 114 Å². The lowest BCUT2D eigenvalue weighted by atomic mass is 10.1. The molecule has 0 aromatic heterocycles. The summed E-state index contributed by atoms with van der Waals surface area (Å²) in [6.45, 7) is 3.86. The van der Waals surface area contributed by atoms with E-state index in [2.05, 4.69) is 0 Å². The molecule has 3 N–H and O–H groups in total. The minimum absolute atomic E-state index is 0.139. The molecule has 0 bridgehead atoms. The highest BCUT2D eigenvalue weighted by Gasteiger charge is 2.35. The third-order valence-corrected chi connectivity index (χ3v) is 5.74. The number of benzene rings is 1. The fourth-order valence-corrected chi connectivity index (χ4v) is 4.58. The lowest BCUT2D eigenvalue weighted by Gasteiger charge is -2.24. The molecule has 0 unspecified atom stereocenters. The summed E-state index contributed by atoms with van der Waals surface area (Å²) in [4.78, 5) is 0.255. The van der Waals surface area contributed by atoms with Crippen molar-refractivity contribution in [2.24, 2.45) is 0 Å². The van der Waals surface area contributed by atoms with Crippen molar-refractivity contribution in [3.05, 3.63) is 23.3 Å². The molecule has 5 nitrogen and oxygen atoms in total. The SMILES string of the molecule is Cc1cc(N)c(C)c(S(=O)(=O)N2CCC[C@@H]2CO)c1. The molecule has 1 aliphatic heterocycles. The number of nitrogens with two attached hydrogens (primary N) is 1. The Hall–Kier alpha value is -1.11. The molecular formula is C13H20N2O3S. The summed E-state index contributed by atoms with van der Waals surface area (Å²) in [5.74, 6) is 0. The first-order valence-electron chi connectivity index (χ1n) is 6.37. The molecule has 0 amide bonds. The molecule has 106 valence electrons. The molecule has 0 aliphatic carbocycles. The summed E-state index contributed by atoms with van der Waals surface area (Å²) in [6, 6.07) is 3.10. The number of nitrogens with zero attached hydrogens (tertiary/aromatic N) is 1. The first-order valence-corrected chi connectivity index (χ1v) is 7.81. The highest BCUT2D eigenvalue weighted by atomic mass is 32.2. The van der Waals surface area contributed by atoms with E-state index < -0.39 is 10.0 Å². The maximum absolute atomic E-state index is 12.7. The lowest BCUT2D eigenvalue weighted by molar-refractivity contribution is 0.213. The Morgan fingerprint density at radius 2 is 2.11 bits per heavy atom. The van der Waals surface area contributed by atoms with Gasteiger partial charge in [-0.1, -0.05) is 0 Å². The van der Waals surface area contributed by atoms with Crippen molar-refractivity contribution >= 4 is 15.7 Å². The van der Waals surface area contributed by atoms with E-state index in [-0.39, 0.29) is 17.5 Å². The number of hydrogen-bond donors (Lipinski definition) is 2. The molecule has 2 rings (SSSR count). The van der Waals surface area contributed by atoms with Crippen LogP contribution in [0.3, 0.4) is 0 Å². The number of aliphatic hydroxyl groups is 1. The van der Waals surface area contributed by atoms with Crippen LogP contribution in [-0.2, 0) is 10.0 Å².